The minimum atomic E-state index is -4.17. The third-order valence-electron chi connectivity index (χ3n) is 0.341. The average Bonchev–Trinajstić information content (AvgIpc) is 1.54. The number of aliphatic hydroxyl groups is 1. The fourth-order valence-corrected chi connectivity index (χ4v) is 0.335. The summed E-state index contributed by atoms with van der Waals surface area (Å²) >= 11 is 0. The largest absolute Gasteiger partial charge is 0.748 e. The van der Waals surface area contributed by atoms with Gasteiger partial charge in [0, 0.05) is 0 Å². The van der Waals surface area contributed by atoms with Gasteiger partial charge in [-0.2, -0.15) is 0 Å². The first-order chi connectivity index (χ1) is 5.06. The van der Waals surface area contributed by atoms with Gasteiger partial charge >= 0.3 is 0 Å². The van der Waals surface area contributed by atoms with E-state index >= 15 is 0 Å². The first-order valence-electron chi connectivity index (χ1n) is 3.39. The molecular weight excluding hydrogens is 182 g/mol. The molecular formula is C6H17NO4S. The standard InChI is InChI=1S/C4H12N.C2H6O4S/c1-5(2,3)4;3-1-2-7(4,5)6/h1-4H3;3H,1-2H2,(H,4,5,6)/q+1;/p-1. The summed E-state index contributed by atoms with van der Waals surface area (Å²) in [5, 5.41) is 7.82. The second kappa shape index (κ2) is 5.47. The Morgan fingerprint density at radius 2 is 1.50 bits per heavy atom. The Balaban J connectivity index is 0. The van der Waals surface area contributed by atoms with Crippen molar-refractivity contribution in [2.45, 2.75) is 0 Å². The summed E-state index contributed by atoms with van der Waals surface area (Å²) in [5.74, 6) is -0.688. The first kappa shape index (κ1) is 14.4. The summed E-state index contributed by atoms with van der Waals surface area (Å²) in [7, 11) is 4.33. The van der Waals surface area contributed by atoms with E-state index in [2.05, 4.69) is 28.2 Å². The molecule has 0 heterocycles. The third kappa shape index (κ3) is 52.2. The average molecular weight is 199 g/mol. The summed E-state index contributed by atoms with van der Waals surface area (Å²) < 4.78 is 29.5. The van der Waals surface area contributed by atoms with Crippen LogP contribution >= 0.6 is 0 Å². The first-order valence-corrected chi connectivity index (χ1v) is 4.97. The van der Waals surface area contributed by atoms with Crippen LogP contribution in [0, 0.1) is 0 Å². The van der Waals surface area contributed by atoms with Crippen LogP contribution in [-0.4, -0.2) is 63.1 Å². The molecule has 76 valence electrons. The summed E-state index contributed by atoms with van der Waals surface area (Å²) in [6, 6.07) is 0. The van der Waals surface area contributed by atoms with Crippen molar-refractivity contribution in [2.75, 3.05) is 40.6 Å². The van der Waals surface area contributed by atoms with Gasteiger partial charge in [0.1, 0.15) is 0 Å². The van der Waals surface area contributed by atoms with E-state index in [1.165, 1.54) is 0 Å². The van der Waals surface area contributed by atoms with Crippen LogP contribution in [0.15, 0.2) is 0 Å². The predicted molar refractivity (Wildman–Crippen MR) is 45.6 cm³/mol. The highest BCUT2D eigenvalue weighted by Crippen LogP contribution is 1.75. The van der Waals surface area contributed by atoms with Gasteiger partial charge in [-0.1, -0.05) is 0 Å². The molecule has 6 heteroatoms. The van der Waals surface area contributed by atoms with Crippen LogP contribution in [0.25, 0.3) is 0 Å². The Morgan fingerprint density at radius 1 is 1.25 bits per heavy atom. The number of hydrogen-bond acceptors (Lipinski definition) is 4. The summed E-state index contributed by atoms with van der Waals surface area (Å²) in [4.78, 5) is 0. The normalized spacial score (nSPS) is 11.8. The third-order valence-corrected chi connectivity index (χ3v) is 1.02. The monoisotopic (exact) mass is 199 g/mol. The molecule has 0 spiro atoms. The molecule has 0 aromatic heterocycles. The Kier molecular flexibility index (Phi) is 6.55. The lowest BCUT2D eigenvalue weighted by atomic mass is 10.8. The minimum absolute atomic E-state index is 0.591. The van der Waals surface area contributed by atoms with Crippen LogP contribution in [0.5, 0.6) is 0 Å². The molecule has 0 bridgehead atoms. The van der Waals surface area contributed by atoms with Crippen LogP contribution in [0.1, 0.15) is 0 Å². The van der Waals surface area contributed by atoms with E-state index in [0.717, 1.165) is 4.48 Å². The Labute approximate surface area is 74.0 Å². The Hall–Kier alpha value is -0.170. The Morgan fingerprint density at radius 3 is 1.50 bits per heavy atom. The number of rotatable bonds is 2. The lowest BCUT2D eigenvalue weighted by Crippen LogP contribution is -2.27. The molecule has 12 heavy (non-hydrogen) atoms. The minimum Gasteiger partial charge on any atom is -0.748 e. The highest BCUT2D eigenvalue weighted by molar-refractivity contribution is 7.85. The van der Waals surface area contributed by atoms with Crippen molar-refractivity contribution in [3.05, 3.63) is 0 Å². The molecule has 0 fully saturated rings. The molecule has 0 rings (SSSR count). The van der Waals surface area contributed by atoms with Crippen LogP contribution in [-0.2, 0) is 10.1 Å². The van der Waals surface area contributed by atoms with Crippen molar-refractivity contribution < 1.29 is 22.6 Å². The molecule has 0 aliphatic rings. The van der Waals surface area contributed by atoms with Gasteiger partial charge in [0.15, 0.2) is 0 Å². The van der Waals surface area contributed by atoms with Crippen LogP contribution in [0.2, 0.25) is 0 Å². The molecule has 0 aromatic carbocycles. The number of aliphatic hydroxyl groups excluding tert-OH is 1. The van der Waals surface area contributed by atoms with E-state index in [-0.39, 0.29) is 0 Å². The molecule has 0 amide bonds. The molecule has 0 aliphatic heterocycles. The fourth-order valence-electron chi connectivity index (χ4n) is 0.112. The van der Waals surface area contributed by atoms with Crippen molar-refractivity contribution >= 4 is 10.1 Å². The van der Waals surface area contributed by atoms with E-state index in [1.54, 1.807) is 0 Å². The molecule has 1 N–H and O–H groups in total. The maximum atomic E-state index is 9.52. The zero-order valence-electron chi connectivity index (χ0n) is 7.94. The van der Waals surface area contributed by atoms with E-state index in [4.69, 9.17) is 5.11 Å². The number of hydrogen-bond donors (Lipinski definition) is 1. The fraction of sp³-hybridized carbons (Fsp3) is 1.00. The molecule has 0 saturated carbocycles. The van der Waals surface area contributed by atoms with E-state index in [0.29, 0.717) is 0 Å². The van der Waals surface area contributed by atoms with Gasteiger partial charge in [-0.25, -0.2) is 8.42 Å². The van der Waals surface area contributed by atoms with Gasteiger partial charge in [0.05, 0.1) is 50.7 Å². The molecule has 0 atom stereocenters. The van der Waals surface area contributed by atoms with Crippen molar-refractivity contribution in [2.24, 2.45) is 0 Å². The maximum absolute atomic E-state index is 9.52. The van der Waals surface area contributed by atoms with Crippen molar-refractivity contribution in [1.82, 2.24) is 0 Å². The zero-order chi connectivity index (χ0) is 10.4. The smallest absolute Gasteiger partial charge is 0.0968 e. The highest BCUT2D eigenvalue weighted by atomic mass is 32.2. The van der Waals surface area contributed by atoms with Crippen molar-refractivity contribution in [1.29, 1.82) is 0 Å². The number of nitrogens with zero attached hydrogens (tertiary/aromatic N) is 1. The van der Waals surface area contributed by atoms with Gasteiger partial charge in [-0.3, -0.25) is 0 Å². The summed E-state index contributed by atoms with van der Waals surface area (Å²) in [6.07, 6.45) is 0. The predicted octanol–water partition coefficient (Wildman–Crippen LogP) is -1.15. The quantitative estimate of drug-likeness (QED) is 0.450. The molecule has 0 aliphatic carbocycles. The molecule has 0 unspecified atom stereocenters. The van der Waals surface area contributed by atoms with Crippen LogP contribution in [0.3, 0.4) is 0 Å². The summed E-state index contributed by atoms with van der Waals surface area (Å²) in [5.41, 5.74) is 0. The molecule has 0 saturated heterocycles. The molecule has 0 aromatic rings. The maximum Gasteiger partial charge on any atom is 0.0968 e. The second-order valence-corrected chi connectivity index (χ2v) is 5.19. The summed E-state index contributed by atoms with van der Waals surface area (Å²) in [6.45, 7) is -0.591. The van der Waals surface area contributed by atoms with Crippen LogP contribution in [0.4, 0.5) is 0 Å². The Bertz CT molecular complexity index is 186. The lowest BCUT2D eigenvalue weighted by Gasteiger charge is -2.14. The van der Waals surface area contributed by atoms with E-state index < -0.39 is 22.5 Å². The van der Waals surface area contributed by atoms with Gasteiger partial charge in [-0.15, -0.1) is 0 Å². The van der Waals surface area contributed by atoms with E-state index in [1.807, 2.05) is 0 Å². The van der Waals surface area contributed by atoms with Gasteiger partial charge in [-0.05, 0) is 0 Å². The number of quaternary nitrogens is 1. The zero-order valence-corrected chi connectivity index (χ0v) is 8.76. The lowest BCUT2D eigenvalue weighted by molar-refractivity contribution is -0.849. The molecule has 0 radical (unpaired) electrons. The molecule has 5 nitrogen and oxygen atoms in total. The van der Waals surface area contributed by atoms with Crippen molar-refractivity contribution in [3.8, 4) is 0 Å². The van der Waals surface area contributed by atoms with Gasteiger partial charge in [0.25, 0.3) is 0 Å². The topological polar surface area (TPSA) is 77.4 Å². The van der Waals surface area contributed by atoms with Gasteiger partial charge < -0.3 is 14.1 Å². The van der Waals surface area contributed by atoms with Crippen molar-refractivity contribution in [3.63, 3.8) is 0 Å². The highest BCUT2D eigenvalue weighted by Gasteiger charge is 1.88. The van der Waals surface area contributed by atoms with Crippen LogP contribution < -0.4 is 0 Å². The van der Waals surface area contributed by atoms with Gasteiger partial charge in [0.2, 0.25) is 0 Å². The van der Waals surface area contributed by atoms with E-state index in [9.17, 15) is 13.0 Å². The second-order valence-electron chi connectivity index (χ2n) is 3.67. The SMILES string of the molecule is C[N+](C)(C)C.O=S(=O)([O-])CCO.